The first-order valence-corrected chi connectivity index (χ1v) is 16.1. The Morgan fingerprint density at radius 1 is 1.05 bits per heavy atom. The largest absolute Gasteiger partial charge is 0.553 e. The SMILES string of the molecule is CCCC(C)(NC(=O)CCl)c1ccc(C2=C3C=CC(=[N+]4CCCCC4)N3[B]n3c2ccc3N2C=C(C(C)(C)C)NN2)cc1. The van der Waals surface area contributed by atoms with Crippen LogP contribution in [0.15, 0.2) is 66.1 Å². The zero-order valence-electron chi connectivity index (χ0n) is 26.0. The first-order valence-electron chi connectivity index (χ1n) is 15.5. The number of amides is 1. The van der Waals surface area contributed by atoms with E-state index in [1.165, 1.54) is 36.4 Å². The van der Waals surface area contributed by atoms with E-state index in [0.29, 0.717) is 0 Å². The molecule has 1 aromatic carbocycles. The molecule has 0 aliphatic carbocycles. The number of carbonyl (C=O) groups is 1. The summed E-state index contributed by atoms with van der Waals surface area (Å²) >= 11 is 5.86. The highest BCUT2D eigenvalue weighted by molar-refractivity contribution is 6.41. The molecule has 3 N–H and O–H groups in total. The molecule has 1 radical (unpaired) electrons. The number of fused-ring (bicyclic) bond motifs is 2. The van der Waals surface area contributed by atoms with E-state index in [-0.39, 0.29) is 17.2 Å². The number of anilines is 1. The summed E-state index contributed by atoms with van der Waals surface area (Å²) in [6, 6.07) is 13.1. The molecule has 4 aliphatic rings. The average molecular weight is 600 g/mol. The summed E-state index contributed by atoms with van der Waals surface area (Å²) in [7, 11) is 2.23. The molecule has 4 aliphatic heterocycles. The normalized spacial score (nSPS) is 19.5. The molecule has 6 rings (SSSR count). The van der Waals surface area contributed by atoms with Crippen LogP contribution in [0.1, 0.15) is 83.5 Å². The number of amidine groups is 1. The van der Waals surface area contributed by atoms with Crippen LogP contribution in [-0.2, 0) is 10.3 Å². The lowest BCUT2D eigenvalue weighted by atomic mass is 9.85. The lowest BCUT2D eigenvalue weighted by molar-refractivity contribution is -0.539. The monoisotopic (exact) mass is 599 g/mol. The van der Waals surface area contributed by atoms with Crippen molar-refractivity contribution in [2.75, 3.05) is 24.0 Å². The number of nitrogens with one attached hydrogen (secondary N) is 3. The van der Waals surface area contributed by atoms with Gasteiger partial charge in [0.25, 0.3) is 5.84 Å². The number of hydrogen-bond acceptors (Lipinski definition) is 4. The minimum absolute atomic E-state index is 0.00758. The molecule has 225 valence electrons. The van der Waals surface area contributed by atoms with Gasteiger partial charge in [-0.3, -0.25) is 14.2 Å². The summed E-state index contributed by atoms with van der Waals surface area (Å²) in [6.07, 6.45) is 12.2. The molecule has 1 atom stereocenters. The van der Waals surface area contributed by atoms with Gasteiger partial charge in [-0.1, -0.05) is 58.4 Å². The minimum Gasteiger partial charge on any atom is -0.346 e. The van der Waals surface area contributed by atoms with E-state index >= 15 is 0 Å². The van der Waals surface area contributed by atoms with Gasteiger partial charge in [0.15, 0.2) is 0 Å². The number of aromatic nitrogens is 1. The number of rotatable bonds is 7. The Hall–Kier alpha value is -3.43. The predicted octanol–water partition coefficient (Wildman–Crippen LogP) is 5.20. The zero-order chi connectivity index (χ0) is 30.4. The maximum Gasteiger partial charge on any atom is 0.553 e. The number of piperidine rings is 1. The number of hydrazine groups is 2. The standard InChI is InChI=1S/C33H42BClN7O/c1-6-18-33(5,36-28(43)21-35)24-12-10-23(11-13-24)31-25-14-16-29(39-19-8-7-9-20-39)41(25)34-42-26(31)15-17-30(42)40-22-27(37-38-40)32(2,3)4/h10-17,22,37-38H,6-9,18-21H2,1-5H3/p+1. The Kier molecular flexibility index (Phi) is 7.98. The quantitative estimate of drug-likeness (QED) is 0.232. The van der Waals surface area contributed by atoms with Crippen LogP contribution in [0.3, 0.4) is 0 Å². The van der Waals surface area contributed by atoms with Gasteiger partial charge in [-0.2, -0.15) is 0 Å². The number of benzene rings is 1. The lowest BCUT2D eigenvalue weighted by Gasteiger charge is -2.32. The van der Waals surface area contributed by atoms with E-state index in [1.807, 2.05) is 0 Å². The summed E-state index contributed by atoms with van der Waals surface area (Å²) in [4.78, 5) is 14.7. The van der Waals surface area contributed by atoms with Crippen LogP contribution >= 0.6 is 11.6 Å². The highest BCUT2D eigenvalue weighted by Crippen LogP contribution is 2.40. The molecule has 2 aromatic rings. The smallest absolute Gasteiger partial charge is 0.346 e. The van der Waals surface area contributed by atoms with Crippen molar-refractivity contribution in [1.29, 1.82) is 0 Å². The Morgan fingerprint density at radius 2 is 1.79 bits per heavy atom. The van der Waals surface area contributed by atoms with Crippen molar-refractivity contribution in [2.45, 2.75) is 72.3 Å². The number of hydrogen-bond donors (Lipinski definition) is 3. The van der Waals surface area contributed by atoms with Crippen LogP contribution in [-0.4, -0.2) is 52.1 Å². The zero-order valence-corrected chi connectivity index (χ0v) is 26.8. The van der Waals surface area contributed by atoms with Gasteiger partial charge in [-0.05, 0) is 61.9 Å². The second-order valence-corrected chi connectivity index (χ2v) is 13.4. The fourth-order valence-corrected chi connectivity index (χ4v) is 6.66. The summed E-state index contributed by atoms with van der Waals surface area (Å²) < 4.78 is 4.80. The molecule has 1 aromatic heterocycles. The minimum atomic E-state index is -0.481. The number of alkyl halides is 1. The van der Waals surface area contributed by atoms with Gasteiger partial charge in [0.2, 0.25) is 5.91 Å². The van der Waals surface area contributed by atoms with Crippen molar-refractivity contribution >= 4 is 42.3 Å². The highest BCUT2D eigenvalue weighted by atomic mass is 35.5. The average Bonchev–Trinajstić information content (AvgIpc) is 3.75. The molecular formula is C33H43BClN7O+. The van der Waals surface area contributed by atoms with E-state index in [9.17, 15) is 4.79 Å². The number of nitrogens with zero attached hydrogens (tertiary/aromatic N) is 4. The van der Waals surface area contributed by atoms with Crippen molar-refractivity contribution in [3.8, 4) is 0 Å². The maximum atomic E-state index is 12.3. The van der Waals surface area contributed by atoms with E-state index < -0.39 is 5.54 Å². The van der Waals surface area contributed by atoms with Crippen LogP contribution in [0.4, 0.5) is 5.82 Å². The molecule has 1 amide bonds. The van der Waals surface area contributed by atoms with Gasteiger partial charge in [0.05, 0.1) is 24.3 Å². The molecule has 8 nitrogen and oxygen atoms in total. The third kappa shape index (κ3) is 5.53. The number of allylic oxidation sites excluding steroid dienone is 2. The summed E-state index contributed by atoms with van der Waals surface area (Å²) in [5.41, 5.74) is 13.0. The Labute approximate surface area is 261 Å². The van der Waals surface area contributed by atoms with Crippen LogP contribution in [0, 0.1) is 5.41 Å². The molecule has 1 saturated heterocycles. The summed E-state index contributed by atoms with van der Waals surface area (Å²) in [6.45, 7) is 13.0. The molecule has 5 heterocycles. The molecule has 1 unspecified atom stereocenters. The van der Waals surface area contributed by atoms with E-state index in [0.717, 1.165) is 54.3 Å². The van der Waals surface area contributed by atoms with Crippen molar-refractivity contribution in [3.05, 3.63) is 83.0 Å². The Balaban J connectivity index is 1.43. The van der Waals surface area contributed by atoms with Crippen molar-refractivity contribution in [3.63, 3.8) is 0 Å². The molecular weight excluding hydrogens is 557 g/mol. The third-order valence-corrected chi connectivity index (χ3v) is 9.18. The van der Waals surface area contributed by atoms with Gasteiger partial charge < -0.3 is 15.2 Å². The van der Waals surface area contributed by atoms with Crippen LogP contribution in [0.5, 0.6) is 0 Å². The van der Waals surface area contributed by atoms with Gasteiger partial charge in [-0.25, -0.2) is 5.01 Å². The first kappa shape index (κ1) is 29.6. The van der Waals surface area contributed by atoms with Crippen LogP contribution in [0.25, 0.3) is 5.57 Å². The molecule has 43 heavy (non-hydrogen) atoms. The van der Waals surface area contributed by atoms with E-state index in [1.54, 1.807) is 0 Å². The Bertz CT molecular complexity index is 1520. The molecule has 1 fully saturated rings. The fraction of sp³-hybridized carbons (Fsp3) is 0.455. The topological polar surface area (TPSA) is 67.6 Å². The Morgan fingerprint density at radius 3 is 2.44 bits per heavy atom. The molecule has 0 spiro atoms. The van der Waals surface area contributed by atoms with E-state index in [2.05, 4.69) is 132 Å². The summed E-state index contributed by atoms with van der Waals surface area (Å²) in [5, 5.41) is 5.22. The number of halogens is 1. The summed E-state index contributed by atoms with van der Waals surface area (Å²) in [5.74, 6) is 2.06. The lowest BCUT2D eigenvalue weighted by Crippen LogP contribution is -2.45. The maximum absolute atomic E-state index is 12.3. The second kappa shape index (κ2) is 11.6. The molecule has 0 saturated carbocycles. The third-order valence-electron chi connectivity index (χ3n) is 8.94. The van der Waals surface area contributed by atoms with Gasteiger partial charge >= 0.3 is 7.55 Å². The van der Waals surface area contributed by atoms with E-state index in [4.69, 9.17) is 11.6 Å². The van der Waals surface area contributed by atoms with Gasteiger partial charge in [0, 0.05) is 29.0 Å². The molecule has 0 bridgehead atoms. The number of carbonyl (C=O) groups excluding carboxylic acids is 1. The first-order chi connectivity index (χ1) is 20.6. The van der Waals surface area contributed by atoms with Crippen LogP contribution < -0.4 is 21.3 Å². The van der Waals surface area contributed by atoms with Crippen molar-refractivity contribution in [2.24, 2.45) is 5.41 Å². The highest BCUT2D eigenvalue weighted by Gasteiger charge is 2.41. The van der Waals surface area contributed by atoms with Gasteiger partial charge in [0.1, 0.15) is 17.4 Å². The predicted molar refractivity (Wildman–Crippen MR) is 175 cm³/mol. The molecule has 10 heteroatoms. The van der Waals surface area contributed by atoms with Crippen LogP contribution in [0.2, 0.25) is 0 Å². The fourth-order valence-electron chi connectivity index (χ4n) is 6.59. The van der Waals surface area contributed by atoms with Crippen molar-refractivity contribution in [1.82, 2.24) is 25.6 Å². The second-order valence-electron chi connectivity index (χ2n) is 13.2. The van der Waals surface area contributed by atoms with Crippen molar-refractivity contribution < 1.29 is 9.37 Å². The van der Waals surface area contributed by atoms with Gasteiger partial charge in [-0.15, -0.1) is 17.1 Å².